The van der Waals surface area contributed by atoms with Crippen molar-refractivity contribution in [2.24, 2.45) is 0 Å². The van der Waals surface area contributed by atoms with Crippen molar-refractivity contribution in [1.82, 2.24) is 0 Å². The summed E-state index contributed by atoms with van der Waals surface area (Å²) in [5, 5.41) is 5.55. The monoisotopic (exact) mass is 334 g/mol. The first-order valence-electron chi connectivity index (χ1n) is 6.06. The molecule has 0 aliphatic carbocycles. The topological polar surface area (TPSA) is 50.4 Å². The number of urea groups is 1. The highest BCUT2D eigenvalue weighted by atomic mass is 79.9. The van der Waals surface area contributed by atoms with Gasteiger partial charge in [-0.1, -0.05) is 28.1 Å². The van der Waals surface area contributed by atoms with Gasteiger partial charge in [-0.2, -0.15) is 0 Å². The van der Waals surface area contributed by atoms with Crippen LogP contribution in [0.5, 0.6) is 5.75 Å². The Morgan fingerprint density at radius 3 is 2.60 bits per heavy atom. The lowest BCUT2D eigenvalue weighted by Gasteiger charge is -2.11. The zero-order chi connectivity index (χ0) is 14.5. The second-order valence-electron chi connectivity index (χ2n) is 4.30. The van der Waals surface area contributed by atoms with E-state index in [0.29, 0.717) is 11.4 Å². The van der Waals surface area contributed by atoms with Crippen molar-refractivity contribution in [2.75, 3.05) is 17.7 Å². The Labute approximate surface area is 126 Å². The number of aryl methyl sites for hydroxylation is 1. The maximum absolute atomic E-state index is 12.0. The number of halogens is 1. The average Bonchev–Trinajstić information content (AvgIpc) is 2.37. The van der Waals surface area contributed by atoms with Crippen molar-refractivity contribution in [2.45, 2.75) is 6.92 Å². The van der Waals surface area contributed by atoms with Gasteiger partial charge in [0.05, 0.1) is 12.8 Å². The highest BCUT2D eigenvalue weighted by Crippen LogP contribution is 2.24. The number of nitrogens with one attached hydrogen (secondary N) is 2. The summed E-state index contributed by atoms with van der Waals surface area (Å²) < 4.78 is 6.11. The molecule has 104 valence electrons. The number of ether oxygens (including phenoxy) is 1. The van der Waals surface area contributed by atoms with Gasteiger partial charge in [0.1, 0.15) is 5.75 Å². The molecule has 0 aliphatic heterocycles. The third-order valence-corrected chi connectivity index (χ3v) is 3.11. The lowest BCUT2D eigenvalue weighted by Crippen LogP contribution is -2.19. The van der Waals surface area contributed by atoms with Crippen molar-refractivity contribution >= 4 is 33.3 Å². The van der Waals surface area contributed by atoms with Gasteiger partial charge in [-0.15, -0.1) is 0 Å². The summed E-state index contributed by atoms with van der Waals surface area (Å²) in [6.45, 7) is 1.97. The number of hydrogen-bond donors (Lipinski definition) is 2. The molecule has 0 aliphatic rings. The zero-order valence-electron chi connectivity index (χ0n) is 11.2. The Morgan fingerprint density at radius 1 is 1.15 bits per heavy atom. The van der Waals surface area contributed by atoms with Crippen LogP contribution in [0, 0.1) is 6.92 Å². The summed E-state index contributed by atoms with van der Waals surface area (Å²) in [7, 11) is 1.57. The molecule has 2 N–H and O–H groups in total. The molecule has 0 spiro atoms. The minimum Gasteiger partial charge on any atom is -0.495 e. The second-order valence-corrected chi connectivity index (χ2v) is 5.21. The fourth-order valence-electron chi connectivity index (χ4n) is 1.84. The van der Waals surface area contributed by atoms with Gasteiger partial charge in [0.15, 0.2) is 0 Å². The second kappa shape index (κ2) is 6.43. The molecule has 20 heavy (non-hydrogen) atoms. The number of anilines is 2. The first-order valence-corrected chi connectivity index (χ1v) is 6.86. The molecule has 0 aromatic heterocycles. The summed E-state index contributed by atoms with van der Waals surface area (Å²) in [5.74, 6) is 0.619. The number of methoxy groups -OCH3 is 1. The molecule has 2 aromatic rings. The van der Waals surface area contributed by atoms with Crippen molar-refractivity contribution < 1.29 is 9.53 Å². The van der Waals surface area contributed by atoms with Crippen molar-refractivity contribution in [3.05, 3.63) is 52.5 Å². The Kier molecular flexibility index (Phi) is 4.63. The number of carbonyl (C=O) groups excluding carboxylic acids is 1. The first kappa shape index (κ1) is 14.4. The van der Waals surface area contributed by atoms with E-state index < -0.39 is 0 Å². The fourth-order valence-corrected chi connectivity index (χ4v) is 2.45. The maximum Gasteiger partial charge on any atom is 0.323 e. The Balaban J connectivity index is 2.09. The van der Waals surface area contributed by atoms with Crippen LogP contribution in [0.1, 0.15) is 5.56 Å². The first-order chi connectivity index (χ1) is 9.58. The lowest BCUT2D eigenvalue weighted by molar-refractivity contribution is 0.262. The number of benzene rings is 2. The van der Waals surface area contributed by atoms with Crippen LogP contribution in [0.15, 0.2) is 46.9 Å². The number of para-hydroxylation sites is 2. The van der Waals surface area contributed by atoms with E-state index in [4.69, 9.17) is 4.74 Å². The molecular weight excluding hydrogens is 320 g/mol. The van der Waals surface area contributed by atoms with Crippen molar-refractivity contribution in [3.63, 3.8) is 0 Å². The third-order valence-electron chi connectivity index (χ3n) is 2.66. The van der Waals surface area contributed by atoms with Gasteiger partial charge in [0, 0.05) is 10.2 Å². The highest BCUT2D eigenvalue weighted by molar-refractivity contribution is 9.10. The van der Waals surface area contributed by atoms with Gasteiger partial charge < -0.3 is 15.4 Å². The number of hydrogen-bond acceptors (Lipinski definition) is 2. The van der Waals surface area contributed by atoms with Gasteiger partial charge in [-0.3, -0.25) is 0 Å². The molecule has 0 unspecified atom stereocenters. The molecule has 0 heterocycles. The molecule has 0 atom stereocenters. The van der Waals surface area contributed by atoms with Crippen LogP contribution in [-0.4, -0.2) is 13.1 Å². The van der Waals surface area contributed by atoms with E-state index in [1.165, 1.54) is 0 Å². The van der Waals surface area contributed by atoms with Gasteiger partial charge in [-0.05, 0) is 42.8 Å². The van der Waals surface area contributed by atoms with Gasteiger partial charge >= 0.3 is 6.03 Å². The van der Waals surface area contributed by atoms with Crippen LogP contribution in [0.3, 0.4) is 0 Å². The lowest BCUT2D eigenvalue weighted by atomic mass is 10.2. The van der Waals surface area contributed by atoms with E-state index in [0.717, 1.165) is 15.7 Å². The quantitative estimate of drug-likeness (QED) is 0.873. The smallest absolute Gasteiger partial charge is 0.323 e. The molecule has 0 saturated heterocycles. The molecule has 5 heteroatoms. The normalized spacial score (nSPS) is 9.95. The molecule has 4 nitrogen and oxygen atoms in total. The number of amides is 2. The maximum atomic E-state index is 12.0. The van der Waals surface area contributed by atoms with E-state index in [9.17, 15) is 4.79 Å². The molecular formula is C15H15BrN2O2. The van der Waals surface area contributed by atoms with E-state index in [1.807, 2.05) is 37.3 Å². The molecule has 2 rings (SSSR count). The van der Waals surface area contributed by atoms with Crippen LogP contribution in [0.2, 0.25) is 0 Å². The molecule has 0 saturated carbocycles. The number of rotatable bonds is 3. The largest absolute Gasteiger partial charge is 0.495 e. The van der Waals surface area contributed by atoms with Crippen LogP contribution >= 0.6 is 15.9 Å². The SMILES string of the molecule is COc1ccccc1NC(=O)Nc1cc(C)cc(Br)c1. The third kappa shape index (κ3) is 3.74. The molecule has 0 radical (unpaired) electrons. The minimum atomic E-state index is -0.313. The summed E-state index contributed by atoms with van der Waals surface area (Å²) in [6.07, 6.45) is 0. The molecule has 0 bridgehead atoms. The fraction of sp³-hybridized carbons (Fsp3) is 0.133. The summed E-state index contributed by atoms with van der Waals surface area (Å²) in [4.78, 5) is 12.0. The van der Waals surface area contributed by atoms with Gasteiger partial charge in [-0.25, -0.2) is 4.79 Å². The Morgan fingerprint density at radius 2 is 1.90 bits per heavy atom. The molecule has 2 aromatic carbocycles. The van der Waals surface area contributed by atoms with Crippen molar-refractivity contribution in [1.29, 1.82) is 0 Å². The van der Waals surface area contributed by atoms with Gasteiger partial charge in [0.25, 0.3) is 0 Å². The zero-order valence-corrected chi connectivity index (χ0v) is 12.8. The number of carbonyl (C=O) groups is 1. The standard InChI is InChI=1S/C15H15BrN2O2/c1-10-7-11(16)9-12(8-10)17-15(19)18-13-5-3-4-6-14(13)20-2/h3-9H,1-2H3,(H2,17,18,19). The highest BCUT2D eigenvalue weighted by Gasteiger charge is 2.07. The van der Waals surface area contributed by atoms with E-state index >= 15 is 0 Å². The summed E-state index contributed by atoms with van der Waals surface area (Å²) >= 11 is 3.40. The van der Waals surface area contributed by atoms with Gasteiger partial charge in [0.2, 0.25) is 0 Å². The van der Waals surface area contributed by atoms with E-state index in [-0.39, 0.29) is 6.03 Å². The predicted molar refractivity (Wildman–Crippen MR) is 84.5 cm³/mol. The van der Waals surface area contributed by atoms with Crippen LogP contribution in [0.25, 0.3) is 0 Å². The van der Waals surface area contributed by atoms with Crippen LogP contribution in [0.4, 0.5) is 16.2 Å². The Bertz CT molecular complexity index is 609. The minimum absolute atomic E-state index is 0.313. The van der Waals surface area contributed by atoms with Crippen LogP contribution < -0.4 is 15.4 Å². The molecule has 0 fully saturated rings. The van der Waals surface area contributed by atoms with Crippen LogP contribution in [-0.2, 0) is 0 Å². The van der Waals surface area contributed by atoms with Crippen molar-refractivity contribution in [3.8, 4) is 5.75 Å². The Hall–Kier alpha value is -2.01. The van der Waals surface area contributed by atoms with E-state index in [1.54, 1.807) is 19.2 Å². The summed E-state index contributed by atoms with van der Waals surface area (Å²) in [6, 6.07) is 12.7. The predicted octanol–water partition coefficient (Wildman–Crippen LogP) is 4.41. The average molecular weight is 335 g/mol. The summed E-state index contributed by atoms with van der Waals surface area (Å²) in [5.41, 5.74) is 2.41. The van der Waals surface area contributed by atoms with E-state index in [2.05, 4.69) is 26.6 Å². The molecule has 2 amide bonds.